The normalized spacial score (nSPS) is 17.9. The molecule has 0 saturated carbocycles. The number of rotatable bonds is 6. The number of nitrogens with one attached hydrogen (secondary N) is 1. The second kappa shape index (κ2) is 8.05. The minimum Gasteiger partial charge on any atom is -0.388 e. The minimum atomic E-state index is -0.657. The van der Waals surface area contributed by atoms with Crippen LogP contribution in [0.4, 0.5) is 4.39 Å². The third-order valence-electron chi connectivity index (χ3n) is 4.49. The van der Waals surface area contributed by atoms with Crippen molar-refractivity contribution in [3.8, 4) is 0 Å². The van der Waals surface area contributed by atoms with Crippen molar-refractivity contribution in [1.82, 2.24) is 15.1 Å². The summed E-state index contributed by atoms with van der Waals surface area (Å²) in [7, 11) is 3.90. The van der Waals surface area contributed by atoms with Crippen LogP contribution in [0.1, 0.15) is 24.0 Å². The average Bonchev–Trinajstić information content (AvgIpc) is 2.50. The van der Waals surface area contributed by atoms with Crippen molar-refractivity contribution >= 4 is 5.91 Å². The third kappa shape index (κ3) is 5.54. The molecule has 1 aromatic rings. The summed E-state index contributed by atoms with van der Waals surface area (Å²) in [6.07, 6.45) is 1.34. The molecule has 5 nitrogen and oxygen atoms in total. The van der Waals surface area contributed by atoms with Gasteiger partial charge in [0.1, 0.15) is 5.82 Å². The van der Waals surface area contributed by atoms with Gasteiger partial charge in [-0.15, -0.1) is 0 Å². The van der Waals surface area contributed by atoms with Crippen LogP contribution in [0.25, 0.3) is 0 Å². The van der Waals surface area contributed by atoms with E-state index in [-0.39, 0.29) is 11.7 Å². The van der Waals surface area contributed by atoms with E-state index in [1.165, 1.54) is 6.07 Å². The number of aryl methyl sites for hydroxylation is 1. The van der Waals surface area contributed by atoms with Gasteiger partial charge < -0.3 is 15.3 Å². The van der Waals surface area contributed by atoms with Crippen molar-refractivity contribution in [2.45, 2.75) is 31.9 Å². The van der Waals surface area contributed by atoms with Gasteiger partial charge >= 0.3 is 0 Å². The molecule has 1 amide bonds. The maximum absolute atomic E-state index is 13.5. The number of likely N-dealkylation sites (tertiary alicyclic amines) is 1. The molecule has 1 aromatic carbocycles. The molecule has 1 heterocycles. The van der Waals surface area contributed by atoms with Gasteiger partial charge in [0.25, 0.3) is 0 Å². The van der Waals surface area contributed by atoms with E-state index in [2.05, 4.69) is 10.2 Å². The van der Waals surface area contributed by atoms with Gasteiger partial charge in [0.2, 0.25) is 5.91 Å². The zero-order valence-electron chi connectivity index (χ0n) is 14.8. The van der Waals surface area contributed by atoms with Crippen LogP contribution in [0.5, 0.6) is 0 Å². The SMILES string of the molecule is Cc1ccc(CNC(=O)CN2CCC(O)(CN(C)C)CC2)cc1F. The second-order valence-electron chi connectivity index (χ2n) is 7.10. The highest BCUT2D eigenvalue weighted by Crippen LogP contribution is 2.22. The van der Waals surface area contributed by atoms with Crippen molar-refractivity contribution in [1.29, 1.82) is 0 Å². The third-order valence-corrected chi connectivity index (χ3v) is 4.49. The van der Waals surface area contributed by atoms with E-state index < -0.39 is 5.60 Å². The number of hydrogen-bond donors (Lipinski definition) is 2. The molecular weight excluding hydrogens is 309 g/mol. The molecule has 0 atom stereocenters. The zero-order chi connectivity index (χ0) is 17.7. The lowest BCUT2D eigenvalue weighted by molar-refractivity contribution is -0.123. The van der Waals surface area contributed by atoms with Crippen LogP contribution in [-0.4, -0.2) is 66.7 Å². The van der Waals surface area contributed by atoms with E-state index in [4.69, 9.17) is 0 Å². The molecule has 6 heteroatoms. The number of carbonyl (C=O) groups excluding carboxylic acids is 1. The van der Waals surface area contributed by atoms with Crippen LogP contribution in [0.2, 0.25) is 0 Å². The molecule has 2 N–H and O–H groups in total. The summed E-state index contributed by atoms with van der Waals surface area (Å²) >= 11 is 0. The zero-order valence-corrected chi connectivity index (χ0v) is 14.8. The Morgan fingerprint density at radius 1 is 1.38 bits per heavy atom. The van der Waals surface area contributed by atoms with Gasteiger partial charge in [0, 0.05) is 26.2 Å². The second-order valence-corrected chi connectivity index (χ2v) is 7.10. The van der Waals surface area contributed by atoms with E-state index in [1.54, 1.807) is 13.0 Å². The quantitative estimate of drug-likeness (QED) is 0.817. The maximum atomic E-state index is 13.5. The molecule has 1 saturated heterocycles. The Hall–Kier alpha value is -1.50. The van der Waals surface area contributed by atoms with Gasteiger partial charge in [-0.05, 0) is 51.1 Å². The standard InChI is InChI=1S/C18H28FN3O2/c1-14-4-5-15(10-16(14)19)11-20-17(23)12-22-8-6-18(24,7-9-22)13-21(2)3/h4-5,10,24H,6-9,11-13H2,1-3H3,(H,20,23). The molecular formula is C18H28FN3O2. The Kier molecular flexibility index (Phi) is 6.32. The Balaban J connectivity index is 1.74. The summed E-state index contributed by atoms with van der Waals surface area (Å²) in [6, 6.07) is 4.99. The topological polar surface area (TPSA) is 55.8 Å². The van der Waals surface area contributed by atoms with Crippen LogP contribution < -0.4 is 5.32 Å². The Bertz CT molecular complexity index is 569. The van der Waals surface area contributed by atoms with Crippen LogP contribution in [0, 0.1) is 12.7 Å². The maximum Gasteiger partial charge on any atom is 0.234 e. The van der Waals surface area contributed by atoms with Gasteiger partial charge in [-0.2, -0.15) is 0 Å². The minimum absolute atomic E-state index is 0.0750. The number of amides is 1. The number of halogens is 1. The summed E-state index contributed by atoms with van der Waals surface area (Å²) in [5.41, 5.74) is 0.699. The van der Waals surface area contributed by atoms with Crippen LogP contribution in [0.3, 0.4) is 0 Å². The lowest BCUT2D eigenvalue weighted by Crippen LogP contribution is -2.51. The highest BCUT2D eigenvalue weighted by molar-refractivity contribution is 5.78. The monoisotopic (exact) mass is 337 g/mol. The largest absolute Gasteiger partial charge is 0.388 e. The van der Waals surface area contributed by atoms with Gasteiger partial charge in [0.15, 0.2) is 0 Å². The molecule has 0 bridgehead atoms. The molecule has 1 aliphatic rings. The van der Waals surface area contributed by atoms with Crippen molar-refractivity contribution in [2.24, 2.45) is 0 Å². The molecule has 1 fully saturated rings. The number of piperidine rings is 1. The van der Waals surface area contributed by atoms with Crippen LogP contribution >= 0.6 is 0 Å². The number of carbonyl (C=O) groups is 1. The predicted molar refractivity (Wildman–Crippen MR) is 92.2 cm³/mol. The van der Waals surface area contributed by atoms with Crippen LogP contribution in [0.15, 0.2) is 18.2 Å². The van der Waals surface area contributed by atoms with Gasteiger partial charge in [-0.1, -0.05) is 12.1 Å². The van der Waals surface area contributed by atoms with E-state index in [9.17, 15) is 14.3 Å². The molecule has 0 aliphatic carbocycles. The molecule has 0 unspecified atom stereocenters. The number of nitrogens with zero attached hydrogens (tertiary/aromatic N) is 2. The average molecular weight is 337 g/mol. The summed E-state index contributed by atoms with van der Waals surface area (Å²) in [5.74, 6) is -0.327. The van der Waals surface area contributed by atoms with Gasteiger partial charge in [-0.25, -0.2) is 4.39 Å². The molecule has 1 aliphatic heterocycles. The fraction of sp³-hybridized carbons (Fsp3) is 0.611. The first kappa shape index (κ1) is 18.8. The van der Waals surface area contributed by atoms with E-state index in [0.29, 0.717) is 51.1 Å². The Morgan fingerprint density at radius 3 is 2.62 bits per heavy atom. The van der Waals surface area contributed by atoms with E-state index in [1.807, 2.05) is 25.1 Å². The van der Waals surface area contributed by atoms with Gasteiger partial charge in [-0.3, -0.25) is 9.69 Å². The van der Waals surface area contributed by atoms with E-state index >= 15 is 0 Å². The number of likely N-dealkylation sites (N-methyl/N-ethyl adjacent to an activating group) is 1. The Labute approximate surface area is 143 Å². The lowest BCUT2D eigenvalue weighted by Gasteiger charge is -2.39. The molecule has 0 aromatic heterocycles. The highest BCUT2D eigenvalue weighted by Gasteiger charge is 2.33. The molecule has 134 valence electrons. The summed E-state index contributed by atoms with van der Waals surface area (Å²) in [6.45, 7) is 4.41. The number of benzene rings is 1. The van der Waals surface area contributed by atoms with Crippen LogP contribution in [-0.2, 0) is 11.3 Å². The predicted octanol–water partition coefficient (Wildman–Crippen LogP) is 1.14. The summed E-state index contributed by atoms with van der Waals surface area (Å²) in [5, 5.41) is 13.3. The van der Waals surface area contributed by atoms with E-state index in [0.717, 1.165) is 5.56 Å². The number of hydrogen-bond acceptors (Lipinski definition) is 4. The molecule has 0 radical (unpaired) electrons. The smallest absolute Gasteiger partial charge is 0.234 e. The first-order valence-electron chi connectivity index (χ1n) is 8.39. The highest BCUT2D eigenvalue weighted by atomic mass is 19.1. The Morgan fingerprint density at radius 2 is 2.04 bits per heavy atom. The molecule has 0 spiro atoms. The van der Waals surface area contributed by atoms with Crippen molar-refractivity contribution in [2.75, 3.05) is 40.3 Å². The fourth-order valence-corrected chi connectivity index (χ4v) is 3.08. The van der Waals surface area contributed by atoms with Crippen molar-refractivity contribution < 1.29 is 14.3 Å². The number of aliphatic hydroxyl groups is 1. The van der Waals surface area contributed by atoms with Crippen molar-refractivity contribution in [3.05, 3.63) is 35.1 Å². The molecule has 2 rings (SSSR count). The lowest BCUT2D eigenvalue weighted by atomic mass is 9.91. The first-order chi connectivity index (χ1) is 11.3. The first-order valence-corrected chi connectivity index (χ1v) is 8.39. The van der Waals surface area contributed by atoms with Crippen molar-refractivity contribution in [3.63, 3.8) is 0 Å². The molecule has 24 heavy (non-hydrogen) atoms. The van der Waals surface area contributed by atoms with Gasteiger partial charge in [0.05, 0.1) is 12.1 Å². The summed E-state index contributed by atoms with van der Waals surface area (Å²) in [4.78, 5) is 16.1. The summed E-state index contributed by atoms with van der Waals surface area (Å²) < 4.78 is 13.5. The fourth-order valence-electron chi connectivity index (χ4n) is 3.08.